The highest BCUT2D eigenvalue weighted by molar-refractivity contribution is 7.99. The molecule has 2 N–H and O–H groups in total. The van der Waals surface area contributed by atoms with Gasteiger partial charge in [-0.1, -0.05) is 11.8 Å². The lowest BCUT2D eigenvalue weighted by molar-refractivity contribution is -0.139. The molecule has 0 spiro atoms. The van der Waals surface area contributed by atoms with Gasteiger partial charge in [0.05, 0.1) is 0 Å². The molecule has 1 aromatic heterocycles. The first-order valence-corrected chi connectivity index (χ1v) is 8.17. The fourth-order valence-corrected chi connectivity index (χ4v) is 3.36. The van der Waals surface area contributed by atoms with E-state index in [0.29, 0.717) is 18.4 Å². The second-order valence-corrected chi connectivity index (χ2v) is 6.59. The first-order chi connectivity index (χ1) is 9.70. The molecule has 0 radical (unpaired) electrons. The van der Waals surface area contributed by atoms with Crippen LogP contribution in [0.5, 0.6) is 0 Å². The van der Waals surface area contributed by atoms with Crippen LogP contribution in [-0.2, 0) is 4.79 Å². The highest BCUT2D eigenvalue weighted by atomic mass is 32.2. The number of rotatable bonds is 8. The third kappa shape index (κ3) is 2.98. The zero-order valence-corrected chi connectivity index (χ0v) is 12.4. The van der Waals surface area contributed by atoms with Crippen LogP contribution in [0, 0.1) is 0 Å². The number of hydrogen-bond acceptors (Lipinski definition) is 5. The monoisotopic (exact) mass is 296 g/mol. The van der Waals surface area contributed by atoms with E-state index in [1.165, 1.54) is 25.7 Å². The number of carboxylic acid groups (broad SMARTS) is 1. The van der Waals surface area contributed by atoms with Crippen molar-refractivity contribution < 1.29 is 9.90 Å². The molecule has 20 heavy (non-hydrogen) atoms. The summed E-state index contributed by atoms with van der Waals surface area (Å²) in [5.74, 6) is 1.71. The molecule has 1 heterocycles. The fraction of sp³-hybridized carbons (Fsp3) is 0.769. The number of aromatic nitrogens is 3. The maximum absolute atomic E-state index is 11.0. The average Bonchev–Trinajstić information content (AvgIpc) is 3.33. The van der Waals surface area contributed by atoms with E-state index >= 15 is 0 Å². The van der Waals surface area contributed by atoms with Gasteiger partial charge in [-0.15, -0.1) is 10.2 Å². The van der Waals surface area contributed by atoms with Gasteiger partial charge >= 0.3 is 5.97 Å². The van der Waals surface area contributed by atoms with Crippen LogP contribution >= 0.6 is 11.8 Å². The van der Waals surface area contributed by atoms with Gasteiger partial charge in [0.2, 0.25) is 0 Å². The predicted molar refractivity (Wildman–Crippen MR) is 76.1 cm³/mol. The van der Waals surface area contributed by atoms with E-state index in [2.05, 4.69) is 20.1 Å². The van der Waals surface area contributed by atoms with Crippen molar-refractivity contribution in [3.05, 3.63) is 5.82 Å². The van der Waals surface area contributed by atoms with Crippen LogP contribution in [0.25, 0.3) is 0 Å². The van der Waals surface area contributed by atoms with Crippen LogP contribution in [0.15, 0.2) is 5.16 Å². The number of likely N-dealkylation sites (N-methyl/N-ethyl adjacent to an activating group) is 1. The van der Waals surface area contributed by atoms with Crippen LogP contribution in [0.4, 0.5) is 0 Å². The zero-order valence-electron chi connectivity index (χ0n) is 11.6. The van der Waals surface area contributed by atoms with E-state index < -0.39 is 12.0 Å². The molecule has 2 aliphatic carbocycles. The predicted octanol–water partition coefficient (Wildman–Crippen LogP) is 1.65. The molecular formula is C13H20N4O2S. The molecule has 2 saturated carbocycles. The van der Waals surface area contributed by atoms with Crippen molar-refractivity contribution >= 4 is 17.7 Å². The lowest BCUT2D eigenvalue weighted by atomic mass is 10.2. The summed E-state index contributed by atoms with van der Waals surface area (Å²) in [6.07, 6.45) is 5.50. The molecule has 1 unspecified atom stereocenters. The summed E-state index contributed by atoms with van der Waals surface area (Å²) in [7, 11) is 1.68. The molecule has 6 nitrogen and oxygen atoms in total. The minimum absolute atomic E-state index is 0.484. The molecular weight excluding hydrogens is 276 g/mol. The standard InChI is InChI=1S/C13H20N4O2S/c1-14-10(12(18)19)6-7-20-13-16-15-11(8-2-3-8)17(13)9-4-5-9/h8-10,14H,2-7H2,1H3,(H,18,19). The Morgan fingerprint density at radius 2 is 2.20 bits per heavy atom. The second kappa shape index (κ2) is 5.73. The summed E-state index contributed by atoms with van der Waals surface area (Å²) in [6, 6.07) is 0.102. The van der Waals surface area contributed by atoms with Crippen molar-refractivity contribution in [1.29, 1.82) is 0 Å². The molecule has 0 aromatic carbocycles. The Labute approximate surface area is 122 Å². The molecule has 0 amide bonds. The Hall–Kier alpha value is -1.08. The van der Waals surface area contributed by atoms with Gasteiger partial charge in [-0.05, 0) is 39.2 Å². The normalized spacial score (nSPS) is 20.1. The van der Waals surface area contributed by atoms with Crippen molar-refractivity contribution in [1.82, 2.24) is 20.1 Å². The number of nitrogens with one attached hydrogen (secondary N) is 1. The summed E-state index contributed by atoms with van der Waals surface area (Å²) >= 11 is 1.63. The molecule has 3 rings (SSSR count). The third-order valence-electron chi connectivity index (χ3n) is 3.83. The van der Waals surface area contributed by atoms with Crippen molar-refractivity contribution in [3.63, 3.8) is 0 Å². The van der Waals surface area contributed by atoms with Crippen molar-refractivity contribution in [3.8, 4) is 0 Å². The van der Waals surface area contributed by atoms with Gasteiger partial charge in [0.25, 0.3) is 0 Å². The SMILES string of the molecule is CNC(CCSc1nnc(C2CC2)n1C1CC1)C(=O)O. The lowest BCUT2D eigenvalue weighted by Gasteiger charge is -2.11. The van der Waals surface area contributed by atoms with Crippen molar-refractivity contribution in [2.24, 2.45) is 0 Å². The number of hydrogen-bond donors (Lipinski definition) is 2. The molecule has 2 fully saturated rings. The first kappa shape index (κ1) is 13.9. The van der Waals surface area contributed by atoms with Crippen LogP contribution in [0.1, 0.15) is 49.9 Å². The Bertz CT molecular complexity index is 497. The van der Waals surface area contributed by atoms with Gasteiger partial charge in [0.15, 0.2) is 5.16 Å². The molecule has 110 valence electrons. The summed E-state index contributed by atoms with van der Waals surface area (Å²) in [4.78, 5) is 11.0. The van der Waals surface area contributed by atoms with Crippen LogP contribution in [0.3, 0.4) is 0 Å². The molecule has 0 saturated heterocycles. The Morgan fingerprint density at radius 1 is 1.45 bits per heavy atom. The van der Waals surface area contributed by atoms with Gasteiger partial charge in [0.1, 0.15) is 11.9 Å². The first-order valence-electron chi connectivity index (χ1n) is 7.18. The van der Waals surface area contributed by atoms with Gasteiger partial charge in [0, 0.05) is 17.7 Å². The third-order valence-corrected chi connectivity index (χ3v) is 4.81. The lowest BCUT2D eigenvalue weighted by Crippen LogP contribution is -2.34. The quantitative estimate of drug-likeness (QED) is 0.710. The van der Waals surface area contributed by atoms with E-state index in [4.69, 9.17) is 5.11 Å². The molecule has 0 bridgehead atoms. The number of thioether (sulfide) groups is 1. The van der Waals surface area contributed by atoms with Gasteiger partial charge in [-0.2, -0.15) is 0 Å². The van der Waals surface area contributed by atoms with Crippen LogP contribution in [0.2, 0.25) is 0 Å². The van der Waals surface area contributed by atoms with Crippen LogP contribution < -0.4 is 5.32 Å². The maximum Gasteiger partial charge on any atom is 0.320 e. The smallest absolute Gasteiger partial charge is 0.320 e. The topological polar surface area (TPSA) is 80.0 Å². The minimum Gasteiger partial charge on any atom is -0.480 e. The Balaban J connectivity index is 1.61. The molecule has 7 heteroatoms. The highest BCUT2D eigenvalue weighted by Gasteiger charge is 2.36. The van der Waals surface area contributed by atoms with Crippen molar-refractivity contribution in [2.45, 2.75) is 55.3 Å². The van der Waals surface area contributed by atoms with E-state index in [-0.39, 0.29) is 0 Å². The minimum atomic E-state index is -0.796. The molecule has 1 aromatic rings. The largest absolute Gasteiger partial charge is 0.480 e. The number of aliphatic carboxylic acids is 1. The number of carboxylic acids is 1. The van der Waals surface area contributed by atoms with E-state index in [0.717, 1.165) is 16.7 Å². The fourth-order valence-electron chi connectivity index (χ4n) is 2.34. The van der Waals surface area contributed by atoms with Crippen molar-refractivity contribution in [2.75, 3.05) is 12.8 Å². The van der Waals surface area contributed by atoms with Crippen LogP contribution in [-0.4, -0.2) is 44.7 Å². The molecule has 1 atom stereocenters. The summed E-state index contributed by atoms with van der Waals surface area (Å²) in [6.45, 7) is 0. The van der Waals surface area contributed by atoms with E-state index in [9.17, 15) is 4.79 Å². The Kier molecular flexibility index (Phi) is 3.98. The zero-order chi connectivity index (χ0) is 14.1. The summed E-state index contributed by atoms with van der Waals surface area (Å²) in [5.41, 5.74) is 0. The maximum atomic E-state index is 11.0. The number of carbonyl (C=O) groups is 1. The Morgan fingerprint density at radius 3 is 2.75 bits per heavy atom. The highest BCUT2D eigenvalue weighted by Crippen LogP contribution is 2.46. The second-order valence-electron chi connectivity index (χ2n) is 5.53. The van der Waals surface area contributed by atoms with E-state index in [1.807, 2.05) is 0 Å². The molecule has 0 aliphatic heterocycles. The van der Waals surface area contributed by atoms with Gasteiger partial charge < -0.3 is 15.0 Å². The number of nitrogens with zero attached hydrogens (tertiary/aromatic N) is 3. The molecule has 2 aliphatic rings. The van der Waals surface area contributed by atoms with Gasteiger partial charge in [-0.25, -0.2) is 0 Å². The van der Waals surface area contributed by atoms with Gasteiger partial charge in [-0.3, -0.25) is 4.79 Å². The summed E-state index contributed by atoms with van der Waals surface area (Å²) < 4.78 is 2.30. The van der Waals surface area contributed by atoms with E-state index in [1.54, 1.807) is 18.8 Å². The summed E-state index contributed by atoms with van der Waals surface area (Å²) in [5, 5.41) is 21.5. The average molecular weight is 296 g/mol.